The molecule has 0 radical (unpaired) electrons. The van der Waals surface area contributed by atoms with Crippen molar-refractivity contribution in [2.24, 2.45) is 0 Å². The first-order valence-electron chi connectivity index (χ1n) is 5.13. The van der Waals surface area contributed by atoms with Gasteiger partial charge >= 0.3 is 5.69 Å². The fourth-order valence-corrected chi connectivity index (χ4v) is 1.69. The van der Waals surface area contributed by atoms with Gasteiger partial charge in [-0.2, -0.15) is 0 Å². The number of nitrogens with zero attached hydrogens (tertiary/aromatic N) is 2. The highest BCUT2D eigenvalue weighted by atomic mass is 35.5. The Balaban J connectivity index is 2.36. The molecule has 92 valence electrons. The van der Waals surface area contributed by atoms with Gasteiger partial charge in [-0.3, -0.25) is 10.1 Å². The first kappa shape index (κ1) is 12.3. The molecule has 0 N–H and O–H groups in total. The minimum absolute atomic E-state index is 0.109. The van der Waals surface area contributed by atoms with Crippen LogP contribution in [0.5, 0.6) is 0 Å². The number of aryl methyl sites for hydroxylation is 1. The lowest BCUT2D eigenvalue weighted by molar-refractivity contribution is -0.386. The molecule has 0 aliphatic carbocycles. The van der Waals surface area contributed by atoms with Crippen LogP contribution in [0.2, 0.25) is 5.02 Å². The normalized spacial score (nSPS) is 11.0. The van der Waals surface area contributed by atoms with E-state index < -0.39 is 4.92 Å². The summed E-state index contributed by atoms with van der Waals surface area (Å²) in [5, 5.41) is 15.0. The average Bonchev–Trinajstić information content (AvgIpc) is 2.69. The van der Waals surface area contributed by atoms with E-state index in [1.807, 2.05) is 6.07 Å². The highest BCUT2D eigenvalue weighted by Crippen LogP contribution is 2.25. The fourth-order valence-electron chi connectivity index (χ4n) is 1.49. The second-order valence-corrected chi connectivity index (χ2v) is 4.00. The molecule has 5 nitrogen and oxygen atoms in total. The molecular weight excluding hydrogens is 256 g/mol. The quantitative estimate of drug-likeness (QED) is 0.626. The number of aromatic nitrogens is 1. The lowest BCUT2D eigenvalue weighted by Crippen LogP contribution is -1.90. The summed E-state index contributed by atoms with van der Waals surface area (Å²) < 4.78 is 4.90. The third-order valence-electron chi connectivity index (χ3n) is 2.36. The number of halogens is 1. The first-order chi connectivity index (χ1) is 8.59. The van der Waals surface area contributed by atoms with Gasteiger partial charge in [0.1, 0.15) is 0 Å². The summed E-state index contributed by atoms with van der Waals surface area (Å²) in [6.07, 6.45) is 3.13. The van der Waals surface area contributed by atoms with Crippen molar-refractivity contribution in [3.63, 3.8) is 0 Å². The van der Waals surface area contributed by atoms with E-state index in [0.29, 0.717) is 5.02 Å². The van der Waals surface area contributed by atoms with Crippen LogP contribution in [0.3, 0.4) is 0 Å². The summed E-state index contributed by atoms with van der Waals surface area (Å²) in [6, 6.07) is 7.17. The number of hydrogen-bond donors (Lipinski definition) is 0. The summed E-state index contributed by atoms with van der Waals surface area (Å²) in [4.78, 5) is 10.3. The van der Waals surface area contributed by atoms with Crippen molar-refractivity contribution in [2.75, 3.05) is 0 Å². The number of benzene rings is 1. The molecule has 0 saturated heterocycles. The third-order valence-corrected chi connectivity index (χ3v) is 2.70. The van der Waals surface area contributed by atoms with Gasteiger partial charge in [0.15, 0.2) is 5.69 Å². The van der Waals surface area contributed by atoms with Crippen LogP contribution in [-0.4, -0.2) is 10.1 Å². The maximum atomic E-state index is 10.8. The Morgan fingerprint density at radius 3 is 2.78 bits per heavy atom. The van der Waals surface area contributed by atoms with Crippen LogP contribution >= 0.6 is 11.6 Å². The van der Waals surface area contributed by atoms with Crippen LogP contribution in [0, 0.1) is 17.0 Å². The predicted molar refractivity (Wildman–Crippen MR) is 68.3 cm³/mol. The highest BCUT2D eigenvalue weighted by molar-refractivity contribution is 6.32. The maximum Gasteiger partial charge on any atom is 0.338 e. The lowest BCUT2D eigenvalue weighted by Gasteiger charge is -1.95. The van der Waals surface area contributed by atoms with Crippen LogP contribution in [0.25, 0.3) is 12.2 Å². The van der Waals surface area contributed by atoms with Crippen molar-refractivity contribution >= 4 is 29.4 Å². The number of rotatable bonds is 3. The fraction of sp³-hybridized carbons (Fsp3) is 0.0833. The van der Waals surface area contributed by atoms with Gasteiger partial charge in [0.2, 0.25) is 5.76 Å². The number of hydrogen-bond acceptors (Lipinski definition) is 4. The molecule has 1 aromatic heterocycles. The van der Waals surface area contributed by atoms with Gasteiger partial charge in [0.25, 0.3) is 0 Å². The van der Waals surface area contributed by atoms with E-state index in [1.165, 1.54) is 13.0 Å². The summed E-state index contributed by atoms with van der Waals surface area (Å²) in [6.45, 7) is 1.52. The molecule has 0 saturated carbocycles. The Morgan fingerprint density at radius 1 is 1.39 bits per heavy atom. The SMILES string of the molecule is Cc1noc(C=Cc2ccccc2Cl)c1[N+](=O)[O-]. The molecular formula is C12H9ClN2O3. The Bertz CT molecular complexity index is 620. The topological polar surface area (TPSA) is 69.2 Å². The molecule has 0 amide bonds. The minimum Gasteiger partial charge on any atom is -0.349 e. The molecule has 0 aliphatic rings. The average molecular weight is 265 g/mol. The first-order valence-corrected chi connectivity index (χ1v) is 5.50. The zero-order valence-electron chi connectivity index (χ0n) is 9.46. The van der Waals surface area contributed by atoms with Crippen molar-refractivity contribution in [2.45, 2.75) is 6.92 Å². The van der Waals surface area contributed by atoms with Gasteiger partial charge in [0.05, 0.1) is 4.92 Å². The van der Waals surface area contributed by atoms with Crippen molar-refractivity contribution in [3.8, 4) is 0 Å². The standard InChI is InChI=1S/C12H9ClN2O3/c1-8-12(15(16)17)11(18-14-8)7-6-9-4-2-3-5-10(9)13/h2-7H,1H3. The molecule has 0 aliphatic heterocycles. The van der Waals surface area contributed by atoms with E-state index >= 15 is 0 Å². The van der Waals surface area contributed by atoms with E-state index in [-0.39, 0.29) is 17.1 Å². The minimum atomic E-state index is -0.516. The monoisotopic (exact) mass is 264 g/mol. The van der Waals surface area contributed by atoms with Gasteiger partial charge < -0.3 is 4.52 Å². The van der Waals surface area contributed by atoms with Crippen molar-refractivity contribution in [3.05, 3.63) is 56.4 Å². The molecule has 1 aromatic carbocycles. The van der Waals surface area contributed by atoms with Gasteiger partial charge in [-0.05, 0) is 30.7 Å². The maximum absolute atomic E-state index is 10.8. The van der Waals surface area contributed by atoms with Crippen molar-refractivity contribution in [1.29, 1.82) is 0 Å². The van der Waals surface area contributed by atoms with Crippen LogP contribution < -0.4 is 0 Å². The van der Waals surface area contributed by atoms with Crippen molar-refractivity contribution in [1.82, 2.24) is 5.16 Å². The highest BCUT2D eigenvalue weighted by Gasteiger charge is 2.21. The smallest absolute Gasteiger partial charge is 0.338 e. The molecule has 0 unspecified atom stereocenters. The van der Waals surface area contributed by atoms with Gasteiger partial charge in [0, 0.05) is 5.02 Å². The van der Waals surface area contributed by atoms with Crippen LogP contribution in [-0.2, 0) is 0 Å². The second-order valence-electron chi connectivity index (χ2n) is 3.59. The molecule has 0 spiro atoms. The van der Waals surface area contributed by atoms with Crippen LogP contribution in [0.15, 0.2) is 28.8 Å². The lowest BCUT2D eigenvalue weighted by atomic mass is 10.2. The van der Waals surface area contributed by atoms with E-state index in [1.54, 1.807) is 24.3 Å². The van der Waals surface area contributed by atoms with Gasteiger partial charge in [-0.15, -0.1) is 0 Å². The molecule has 2 aromatic rings. The zero-order valence-corrected chi connectivity index (χ0v) is 10.2. The van der Waals surface area contributed by atoms with Crippen LogP contribution in [0.4, 0.5) is 5.69 Å². The van der Waals surface area contributed by atoms with Gasteiger partial charge in [-0.1, -0.05) is 35.0 Å². The molecule has 2 rings (SSSR count). The van der Waals surface area contributed by atoms with Gasteiger partial charge in [-0.25, -0.2) is 0 Å². The largest absolute Gasteiger partial charge is 0.349 e. The van der Waals surface area contributed by atoms with Crippen molar-refractivity contribution < 1.29 is 9.45 Å². The molecule has 0 bridgehead atoms. The third kappa shape index (κ3) is 2.41. The Morgan fingerprint density at radius 2 is 2.11 bits per heavy atom. The molecule has 0 fully saturated rings. The molecule has 1 heterocycles. The number of nitro groups is 1. The van der Waals surface area contributed by atoms with E-state index in [9.17, 15) is 10.1 Å². The summed E-state index contributed by atoms with van der Waals surface area (Å²) >= 11 is 5.97. The molecule has 6 heteroatoms. The Hall–Kier alpha value is -2.14. The predicted octanol–water partition coefficient (Wildman–Crippen LogP) is 3.72. The summed E-state index contributed by atoms with van der Waals surface area (Å²) in [5.41, 5.74) is 0.875. The molecule has 18 heavy (non-hydrogen) atoms. The zero-order chi connectivity index (χ0) is 13.1. The second kappa shape index (κ2) is 5.01. The summed E-state index contributed by atoms with van der Waals surface area (Å²) in [7, 11) is 0. The summed E-state index contributed by atoms with van der Waals surface area (Å²) in [5.74, 6) is 0.109. The van der Waals surface area contributed by atoms with E-state index in [2.05, 4.69) is 5.16 Å². The Labute approximate surface area is 108 Å². The van der Waals surface area contributed by atoms with Crippen LogP contribution in [0.1, 0.15) is 17.0 Å². The molecule has 0 atom stereocenters. The Kier molecular flexibility index (Phi) is 3.43. The van der Waals surface area contributed by atoms with E-state index in [4.69, 9.17) is 16.1 Å². The van der Waals surface area contributed by atoms with E-state index in [0.717, 1.165) is 5.56 Å².